The molecule has 0 bridgehead atoms. The van der Waals surface area contributed by atoms with Crippen molar-refractivity contribution < 1.29 is 0 Å². The van der Waals surface area contributed by atoms with Gasteiger partial charge in [0.1, 0.15) is 0 Å². The molecule has 1 aliphatic heterocycles. The third-order valence-corrected chi connectivity index (χ3v) is 5.40. The average Bonchev–Trinajstić information content (AvgIpc) is 3.05. The fourth-order valence-electron chi connectivity index (χ4n) is 2.10. The van der Waals surface area contributed by atoms with Crippen LogP contribution >= 0.6 is 23.1 Å². The second-order valence-corrected chi connectivity index (χ2v) is 6.72. The zero-order valence-corrected chi connectivity index (χ0v) is 12.9. The Bertz CT molecular complexity index is 346. The van der Waals surface area contributed by atoms with Crippen molar-refractivity contribution in [3.05, 3.63) is 0 Å². The van der Waals surface area contributed by atoms with Gasteiger partial charge in [-0.15, -0.1) is 10.2 Å². The van der Waals surface area contributed by atoms with Gasteiger partial charge in [-0.2, -0.15) is 0 Å². The predicted molar refractivity (Wildman–Crippen MR) is 79.9 cm³/mol. The molecule has 0 N–H and O–H groups in total. The Kier molecular flexibility index (Phi) is 5.72. The van der Waals surface area contributed by atoms with Gasteiger partial charge in [0, 0.05) is 25.4 Å². The standard InChI is InChI=1S/C12H22N4S2/c1-3-15(4-2)9-10-17-12-14-13-11(18-12)16-7-5-6-8-16/h3-10H2,1-2H3. The van der Waals surface area contributed by atoms with E-state index in [0.717, 1.165) is 47.9 Å². The van der Waals surface area contributed by atoms with E-state index in [0.29, 0.717) is 0 Å². The summed E-state index contributed by atoms with van der Waals surface area (Å²) in [5.74, 6) is 1.11. The van der Waals surface area contributed by atoms with Crippen molar-refractivity contribution in [2.45, 2.75) is 31.0 Å². The molecule has 0 radical (unpaired) electrons. The van der Waals surface area contributed by atoms with Crippen LogP contribution in [0.5, 0.6) is 0 Å². The van der Waals surface area contributed by atoms with Crippen molar-refractivity contribution in [3.63, 3.8) is 0 Å². The summed E-state index contributed by atoms with van der Waals surface area (Å²) in [5.41, 5.74) is 0. The van der Waals surface area contributed by atoms with Gasteiger partial charge in [-0.1, -0.05) is 36.9 Å². The minimum Gasteiger partial charge on any atom is -0.347 e. The van der Waals surface area contributed by atoms with Gasteiger partial charge in [0.25, 0.3) is 0 Å². The number of anilines is 1. The van der Waals surface area contributed by atoms with E-state index in [2.05, 4.69) is 33.8 Å². The normalized spacial score (nSPS) is 15.8. The SMILES string of the molecule is CCN(CC)CCSc1nnc(N2CCCC2)s1. The van der Waals surface area contributed by atoms with Crippen LogP contribution in [0.15, 0.2) is 4.34 Å². The summed E-state index contributed by atoms with van der Waals surface area (Å²) in [6.07, 6.45) is 2.59. The molecular formula is C12H22N4S2. The maximum absolute atomic E-state index is 4.30. The molecule has 4 nitrogen and oxygen atoms in total. The molecule has 0 atom stereocenters. The summed E-state index contributed by atoms with van der Waals surface area (Å²) < 4.78 is 1.11. The van der Waals surface area contributed by atoms with Crippen molar-refractivity contribution in [2.24, 2.45) is 0 Å². The molecule has 6 heteroatoms. The molecule has 1 aromatic heterocycles. The number of aromatic nitrogens is 2. The number of hydrogen-bond donors (Lipinski definition) is 0. The quantitative estimate of drug-likeness (QED) is 0.719. The molecule has 0 aliphatic carbocycles. The van der Waals surface area contributed by atoms with Gasteiger partial charge in [-0.05, 0) is 25.9 Å². The molecule has 0 amide bonds. The Labute approximate surface area is 118 Å². The van der Waals surface area contributed by atoms with Crippen molar-refractivity contribution in [1.82, 2.24) is 15.1 Å². The minimum absolute atomic E-state index is 1.11. The predicted octanol–water partition coefficient (Wildman–Crippen LogP) is 2.57. The van der Waals surface area contributed by atoms with Crippen LogP contribution in [-0.2, 0) is 0 Å². The lowest BCUT2D eigenvalue weighted by atomic mass is 10.4. The van der Waals surface area contributed by atoms with Gasteiger partial charge >= 0.3 is 0 Å². The Morgan fingerprint density at radius 2 is 1.94 bits per heavy atom. The van der Waals surface area contributed by atoms with Crippen LogP contribution in [0.25, 0.3) is 0 Å². The number of hydrogen-bond acceptors (Lipinski definition) is 6. The Morgan fingerprint density at radius 3 is 2.61 bits per heavy atom. The zero-order valence-electron chi connectivity index (χ0n) is 11.3. The number of thioether (sulfide) groups is 1. The van der Waals surface area contributed by atoms with E-state index >= 15 is 0 Å². The molecule has 1 aliphatic rings. The fourth-order valence-corrected chi connectivity index (χ4v) is 4.06. The smallest absolute Gasteiger partial charge is 0.209 e. The lowest BCUT2D eigenvalue weighted by Crippen LogP contribution is -2.25. The number of rotatable bonds is 7. The van der Waals surface area contributed by atoms with Crippen molar-refractivity contribution in [3.8, 4) is 0 Å². The Balaban J connectivity index is 1.76. The highest BCUT2D eigenvalue weighted by atomic mass is 32.2. The molecular weight excluding hydrogens is 264 g/mol. The van der Waals surface area contributed by atoms with E-state index in [1.807, 2.05) is 11.8 Å². The molecule has 1 saturated heterocycles. The molecule has 2 heterocycles. The molecule has 0 saturated carbocycles. The average molecular weight is 286 g/mol. The highest BCUT2D eigenvalue weighted by molar-refractivity contribution is 8.01. The molecule has 0 unspecified atom stereocenters. The molecule has 0 aromatic carbocycles. The molecule has 0 spiro atoms. The van der Waals surface area contributed by atoms with Crippen LogP contribution < -0.4 is 4.90 Å². The minimum atomic E-state index is 1.11. The number of nitrogens with zero attached hydrogens (tertiary/aromatic N) is 4. The Morgan fingerprint density at radius 1 is 1.22 bits per heavy atom. The van der Waals surface area contributed by atoms with E-state index < -0.39 is 0 Å². The molecule has 18 heavy (non-hydrogen) atoms. The largest absolute Gasteiger partial charge is 0.347 e. The van der Waals surface area contributed by atoms with Crippen LogP contribution in [0.2, 0.25) is 0 Å². The summed E-state index contributed by atoms with van der Waals surface area (Å²) in [6.45, 7) is 10.1. The van der Waals surface area contributed by atoms with Crippen LogP contribution in [-0.4, -0.2) is 53.6 Å². The molecule has 1 fully saturated rings. The first kappa shape index (κ1) is 14.1. The van der Waals surface area contributed by atoms with E-state index in [4.69, 9.17) is 0 Å². The van der Waals surface area contributed by atoms with Crippen LogP contribution in [0.4, 0.5) is 5.13 Å². The van der Waals surface area contributed by atoms with Gasteiger partial charge in [-0.25, -0.2) is 0 Å². The lowest BCUT2D eigenvalue weighted by Gasteiger charge is -2.16. The Hall–Kier alpha value is -0.330. The van der Waals surface area contributed by atoms with E-state index in [-0.39, 0.29) is 0 Å². The summed E-state index contributed by atoms with van der Waals surface area (Å²) in [4.78, 5) is 4.79. The summed E-state index contributed by atoms with van der Waals surface area (Å²) in [7, 11) is 0. The molecule has 1 aromatic rings. The monoisotopic (exact) mass is 286 g/mol. The highest BCUT2D eigenvalue weighted by Crippen LogP contribution is 2.29. The van der Waals surface area contributed by atoms with Gasteiger partial charge in [0.05, 0.1) is 0 Å². The topological polar surface area (TPSA) is 32.3 Å². The fraction of sp³-hybridized carbons (Fsp3) is 0.833. The van der Waals surface area contributed by atoms with Crippen molar-refractivity contribution >= 4 is 28.2 Å². The van der Waals surface area contributed by atoms with E-state index in [9.17, 15) is 0 Å². The van der Waals surface area contributed by atoms with Crippen molar-refractivity contribution in [1.29, 1.82) is 0 Å². The van der Waals surface area contributed by atoms with Crippen LogP contribution in [0, 0.1) is 0 Å². The molecule has 2 rings (SSSR count). The summed E-state index contributed by atoms with van der Waals surface area (Å²) in [6, 6.07) is 0. The van der Waals surface area contributed by atoms with Crippen LogP contribution in [0.3, 0.4) is 0 Å². The lowest BCUT2D eigenvalue weighted by molar-refractivity contribution is 0.324. The molecule has 102 valence electrons. The first-order valence-electron chi connectivity index (χ1n) is 6.77. The summed E-state index contributed by atoms with van der Waals surface area (Å²) in [5, 5.41) is 9.69. The first-order valence-corrected chi connectivity index (χ1v) is 8.57. The van der Waals surface area contributed by atoms with Gasteiger partial charge in [0.15, 0.2) is 4.34 Å². The maximum Gasteiger partial charge on any atom is 0.209 e. The second kappa shape index (κ2) is 7.31. The van der Waals surface area contributed by atoms with Gasteiger partial charge < -0.3 is 9.80 Å². The van der Waals surface area contributed by atoms with E-state index in [1.54, 1.807) is 11.3 Å². The van der Waals surface area contributed by atoms with E-state index in [1.165, 1.54) is 12.8 Å². The van der Waals surface area contributed by atoms with Crippen LogP contribution in [0.1, 0.15) is 26.7 Å². The third-order valence-electron chi connectivity index (χ3n) is 3.30. The second-order valence-electron chi connectivity index (χ2n) is 4.42. The maximum atomic E-state index is 4.30. The highest BCUT2D eigenvalue weighted by Gasteiger charge is 2.16. The van der Waals surface area contributed by atoms with Gasteiger partial charge in [-0.3, -0.25) is 0 Å². The zero-order chi connectivity index (χ0) is 12.8. The third kappa shape index (κ3) is 3.83. The van der Waals surface area contributed by atoms with Gasteiger partial charge in [0.2, 0.25) is 5.13 Å². The summed E-state index contributed by atoms with van der Waals surface area (Å²) >= 11 is 3.58. The first-order chi connectivity index (χ1) is 8.83. The van der Waals surface area contributed by atoms with Crippen molar-refractivity contribution in [2.75, 3.05) is 43.4 Å².